The van der Waals surface area contributed by atoms with Gasteiger partial charge in [-0.25, -0.2) is 0 Å². The lowest BCUT2D eigenvalue weighted by atomic mass is 10.1. The van der Waals surface area contributed by atoms with Gasteiger partial charge in [-0.1, -0.05) is 0 Å². The van der Waals surface area contributed by atoms with Gasteiger partial charge in [-0.05, 0) is 6.07 Å². The molecule has 1 aliphatic heterocycles. The van der Waals surface area contributed by atoms with E-state index in [2.05, 4.69) is 16.4 Å². The Hall–Kier alpha value is -2.13. The van der Waals surface area contributed by atoms with Crippen LogP contribution in [0, 0.1) is 11.3 Å². The molecule has 1 aliphatic rings. The minimum Gasteiger partial charge on any atom is -0.494 e. The summed E-state index contributed by atoms with van der Waals surface area (Å²) in [4.78, 5) is 17.9. The molecule has 0 saturated carbocycles. The first-order chi connectivity index (χ1) is 8.77. The Morgan fingerprint density at radius 2 is 2.56 bits per heavy atom. The van der Waals surface area contributed by atoms with E-state index in [4.69, 9.17) is 10.00 Å². The van der Waals surface area contributed by atoms with Gasteiger partial charge in [0.05, 0.1) is 24.9 Å². The van der Waals surface area contributed by atoms with Crippen molar-refractivity contribution in [3.05, 3.63) is 24.0 Å². The van der Waals surface area contributed by atoms with Crippen LogP contribution >= 0.6 is 0 Å². The molecule has 94 valence electrons. The number of carbonyl (C=O) groups excluding carboxylic acids is 1. The molecule has 0 spiro atoms. The highest BCUT2D eigenvalue weighted by molar-refractivity contribution is 5.97. The lowest BCUT2D eigenvalue weighted by Gasteiger charge is -2.32. The molecule has 1 aromatic rings. The number of rotatable bonds is 2. The molecule has 1 saturated heterocycles. The summed E-state index contributed by atoms with van der Waals surface area (Å²) >= 11 is 0. The summed E-state index contributed by atoms with van der Waals surface area (Å²) in [7, 11) is 1.49. The maximum atomic E-state index is 12.4. The topological polar surface area (TPSA) is 78.2 Å². The Bertz CT molecular complexity index is 483. The fourth-order valence-corrected chi connectivity index (χ4v) is 1.94. The number of nitrogens with zero attached hydrogens (tertiary/aromatic N) is 3. The zero-order valence-corrected chi connectivity index (χ0v) is 10.1. The summed E-state index contributed by atoms with van der Waals surface area (Å²) in [6.45, 7) is 1.70. The Balaban J connectivity index is 2.27. The highest BCUT2D eigenvalue weighted by atomic mass is 16.5. The number of ether oxygens (including phenoxy) is 1. The van der Waals surface area contributed by atoms with Crippen LogP contribution in [0.25, 0.3) is 0 Å². The van der Waals surface area contributed by atoms with Crippen LogP contribution in [0.4, 0.5) is 0 Å². The first-order valence-electron chi connectivity index (χ1n) is 5.67. The number of amides is 1. The number of methoxy groups -OCH3 is 1. The first kappa shape index (κ1) is 12.3. The van der Waals surface area contributed by atoms with E-state index in [0.717, 1.165) is 0 Å². The first-order valence-corrected chi connectivity index (χ1v) is 5.67. The van der Waals surface area contributed by atoms with Gasteiger partial charge in [0.2, 0.25) is 0 Å². The molecular weight excluding hydrogens is 232 g/mol. The average Bonchev–Trinajstić information content (AvgIpc) is 2.46. The van der Waals surface area contributed by atoms with Gasteiger partial charge in [0.15, 0.2) is 0 Å². The molecule has 2 rings (SSSR count). The fourth-order valence-electron chi connectivity index (χ4n) is 1.94. The van der Waals surface area contributed by atoms with E-state index in [-0.39, 0.29) is 5.91 Å². The molecule has 1 fully saturated rings. The smallest absolute Gasteiger partial charge is 0.258 e. The summed E-state index contributed by atoms with van der Waals surface area (Å²) in [6.07, 6.45) is 3.04. The zero-order valence-electron chi connectivity index (χ0n) is 10.1. The van der Waals surface area contributed by atoms with Crippen LogP contribution < -0.4 is 10.1 Å². The highest BCUT2D eigenvalue weighted by Gasteiger charge is 2.28. The van der Waals surface area contributed by atoms with Crippen molar-refractivity contribution in [3.8, 4) is 11.8 Å². The van der Waals surface area contributed by atoms with E-state index in [1.54, 1.807) is 17.2 Å². The fraction of sp³-hybridized carbons (Fsp3) is 0.417. The van der Waals surface area contributed by atoms with Gasteiger partial charge in [-0.15, -0.1) is 0 Å². The molecule has 0 aliphatic carbocycles. The number of hydrogen-bond donors (Lipinski definition) is 1. The second-order valence-electron chi connectivity index (χ2n) is 3.92. The summed E-state index contributed by atoms with van der Waals surface area (Å²) in [5.74, 6) is 0.236. The average molecular weight is 246 g/mol. The minimum absolute atomic E-state index is 0.192. The van der Waals surface area contributed by atoms with Gasteiger partial charge in [0.1, 0.15) is 11.8 Å². The third-order valence-corrected chi connectivity index (χ3v) is 2.89. The quantitative estimate of drug-likeness (QED) is 0.796. The molecule has 0 bridgehead atoms. The van der Waals surface area contributed by atoms with E-state index < -0.39 is 6.04 Å². The summed E-state index contributed by atoms with van der Waals surface area (Å²) in [5.41, 5.74) is 0.439. The predicted molar refractivity (Wildman–Crippen MR) is 64.1 cm³/mol. The van der Waals surface area contributed by atoms with Gasteiger partial charge in [-0.3, -0.25) is 9.78 Å². The lowest BCUT2D eigenvalue weighted by Crippen LogP contribution is -2.53. The third kappa shape index (κ3) is 2.26. The van der Waals surface area contributed by atoms with Crippen LogP contribution in [0.3, 0.4) is 0 Å². The van der Waals surface area contributed by atoms with Crippen molar-refractivity contribution < 1.29 is 9.53 Å². The number of pyridine rings is 1. The maximum Gasteiger partial charge on any atom is 0.258 e. The van der Waals surface area contributed by atoms with Crippen LogP contribution in [0.15, 0.2) is 18.5 Å². The van der Waals surface area contributed by atoms with Gasteiger partial charge >= 0.3 is 0 Å². The predicted octanol–water partition coefficient (Wildman–Crippen LogP) is 0.0278. The van der Waals surface area contributed by atoms with E-state index in [1.165, 1.54) is 13.3 Å². The SMILES string of the molecule is COc1cnccc1C(=O)N1CCNCC1C#N. The number of carbonyl (C=O) groups is 1. The second kappa shape index (κ2) is 5.47. The Kier molecular flexibility index (Phi) is 3.75. The standard InChI is InChI=1S/C12H14N4O2/c1-18-11-8-14-3-2-10(11)12(17)16-5-4-15-7-9(16)6-13/h2-3,8-9,15H,4-5,7H2,1H3. The van der Waals surface area contributed by atoms with Crippen LogP contribution in [-0.2, 0) is 0 Å². The Labute approximate surface area is 105 Å². The van der Waals surface area contributed by atoms with Crippen LogP contribution in [0.1, 0.15) is 10.4 Å². The molecule has 1 unspecified atom stereocenters. The number of nitriles is 1. The molecule has 1 atom stereocenters. The van der Waals surface area contributed by atoms with E-state index >= 15 is 0 Å². The molecule has 1 N–H and O–H groups in total. The molecule has 1 amide bonds. The highest BCUT2D eigenvalue weighted by Crippen LogP contribution is 2.19. The number of nitrogens with one attached hydrogen (secondary N) is 1. The molecule has 6 nitrogen and oxygen atoms in total. The number of aromatic nitrogens is 1. The summed E-state index contributed by atoms with van der Waals surface area (Å²) in [6, 6.07) is 3.30. The molecule has 0 aromatic carbocycles. The van der Waals surface area contributed by atoms with Crippen LogP contribution in [0.2, 0.25) is 0 Å². The van der Waals surface area contributed by atoms with Crippen molar-refractivity contribution in [2.45, 2.75) is 6.04 Å². The van der Waals surface area contributed by atoms with Gasteiger partial charge in [0.25, 0.3) is 5.91 Å². The largest absolute Gasteiger partial charge is 0.494 e. The summed E-state index contributed by atoms with van der Waals surface area (Å²) in [5, 5.41) is 12.1. The maximum absolute atomic E-state index is 12.4. The Morgan fingerprint density at radius 1 is 1.72 bits per heavy atom. The second-order valence-corrected chi connectivity index (χ2v) is 3.92. The van der Waals surface area contributed by atoms with Crippen molar-refractivity contribution >= 4 is 5.91 Å². The normalized spacial score (nSPS) is 19.1. The minimum atomic E-state index is -0.441. The molecule has 18 heavy (non-hydrogen) atoms. The van der Waals surface area contributed by atoms with Crippen LogP contribution in [0.5, 0.6) is 5.75 Å². The van der Waals surface area contributed by atoms with Crippen molar-refractivity contribution in [2.24, 2.45) is 0 Å². The van der Waals surface area contributed by atoms with Gasteiger partial charge < -0.3 is 15.0 Å². The molecule has 1 aromatic heterocycles. The zero-order chi connectivity index (χ0) is 13.0. The van der Waals surface area contributed by atoms with Crippen molar-refractivity contribution in [3.63, 3.8) is 0 Å². The van der Waals surface area contributed by atoms with Gasteiger partial charge in [0, 0.05) is 25.8 Å². The van der Waals surface area contributed by atoms with E-state index in [0.29, 0.717) is 30.9 Å². The van der Waals surface area contributed by atoms with E-state index in [9.17, 15) is 4.79 Å². The summed E-state index contributed by atoms with van der Waals surface area (Å²) < 4.78 is 5.12. The lowest BCUT2D eigenvalue weighted by molar-refractivity contribution is 0.0683. The van der Waals surface area contributed by atoms with Crippen LogP contribution in [-0.4, -0.2) is 48.6 Å². The monoisotopic (exact) mass is 246 g/mol. The van der Waals surface area contributed by atoms with Gasteiger partial charge in [-0.2, -0.15) is 5.26 Å². The Morgan fingerprint density at radius 3 is 3.28 bits per heavy atom. The van der Waals surface area contributed by atoms with Crippen molar-refractivity contribution in [1.82, 2.24) is 15.2 Å². The molecule has 2 heterocycles. The number of piperazine rings is 1. The van der Waals surface area contributed by atoms with E-state index in [1.807, 2.05) is 0 Å². The van der Waals surface area contributed by atoms with Crippen molar-refractivity contribution in [1.29, 1.82) is 5.26 Å². The third-order valence-electron chi connectivity index (χ3n) is 2.89. The number of hydrogen-bond acceptors (Lipinski definition) is 5. The molecule has 0 radical (unpaired) electrons. The molecule has 6 heteroatoms. The molecular formula is C12H14N4O2. The van der Waals surface area contributed by atoms with Crippen molar-refractivity contribution in [2.75, 3.05) is 26.7 Å².